The predicted molar refractivity (Wildman–Crippen MR) is 128 cm³/mol. The topological polar surface area (TPSA) is 49.8 Å². The normalized spacial score (nSPS) is 11.1. The zero-order valence-corrected chi connectivity index (χ0v) is 19.3. The Bertz CT molecular complexity index is 1170. The molecule has 0 bridgehead atoms. The fourth-order valence-corrected chi connectivity index (χ4v) is 3.91. The molecule has 1 amide bonds. The van der Waals surface area contributed by atoms with E-state index in [-0.39, 0.29) is 18.3 Å². The molecule has 0 radical (unpaired) electrons. The summed E-state index contributed by atoms with van der Waals surface area (Å²) in [7, 11) is 0. The Morgan fingerprint density at radius 1 is 0.853 bits per heavy atom. The molecule has 0 aliphatic rings. The van der Waals surface area contributed by atoms with Gasteiger partial charge in [0.15, 0.2) is 0 Å². The van der Waals surface area contributed by atoms with Gasteiger partial charge in [-0.2, -0.15) is 0 Å². The SMILES string of the molecule is Cc1ccc(CN(CCc2ccccc2)C(=O)CN(Cc2ccco2)Cc2ccccc2F)o1. The summed E-state index contributed by atoms with van der Waals surface area (Å²) in [4.78, 5) is 17.2. The number of benzene rings is 2. The third-order valence-electron chi connectivity index (χ3n) is 5.68. The lowest BCUT2D eigenvalue weighted by Gasteiger charge is -2.27. The van der Waals surface area contributed by atoms with Crippen molar-refractivity contribution >= 4 is 5.91 Å². The second-order valence-electron chi connectivity index (χ2n) is 8.38. The van der Waals surface area contributed by atoms with E-state index in [4.69, 9.17) is 8.83 Å². The fourth-order valence-electron chi connectivity index (χ4n) is 3.91. The van der Waals surface area contributed by atoms with Gasteiger partial charge in [-0.15, -0.1) is 0 Å². The number of hydrogen-bond acceptors (Lipinski definition) is 4. The van der Waals surface area contributed by atoms with Crippen LogP contribution in [0.25, 0.3) is 0 Å². The average Bonchev–Trinajstić information content (AvgIpc) is 3.50. The van der Waals surface area contributed by atoms with Gasteiger partial charge < -0.3 is 13.7 Å². The summed E-state index contributed by atoms with van der Waals surface area (Å²) in [6, 6.07) is 24.2. The molecule has 0 aliphatic heterocycles. The Morgan fingerprint density at radius 2 is 1.65 bits per heavy atom. The Morgan fingerprint density at radius 3 is 2.35 bits per heavy atom. The number of carbonyl (C=O) groups is 1. The highest BCUT2D eigenvalue weighted by molar-refractivity contribution is 5.78. The van der Waals surface area contributed by atoms with Gasteiger partial charge in [0, 0.05) is 18.7 Å². The van der Waals surface area contributed by atoms with Gasteiger partial charge in [-0.05, 0) is 49.2 Å². The first-order valence-electron chi connectivity index (χ1n) is 11.4. The molecule has 4 rings (SSSR count). The molecule has 6 heteroatoms. The third-order valence-corrected chi connectivity index (χ3v) is 5.68. The summed E-state index contributed by atoms with van der Waals surface area (Å²) < 4.78 is 25.6. The number of hydrogen-bond donors (Lipinski definition) is 0. The quantitative estimate of drug-likeness (QED) is 0.293. The molecule has 0 spiro atoms. The number of carbonyl (C=O) groups excluding carboxylic acids is 1. The smallest absolute Gasteiger partial charge is 0.237 e. The van der Waals surface area contributed by atoms with Gasteiger partial charge in [0.2, 0.25) is 5.91 Å². The molecule has 0 atom stereocenters. The molecule has 0 N–H and O–H groups in total. The minimum atomic E-state index is -0.286. The summed E-state index contributed by atoms with van der Waals surface area (Å²) in [6.45, 7) is 3.65. The molecule has 0 unspecified atom stereocenters. The number of furan rings is 2. The van der Waals surface area contributed by atoms with E-state index in [9.17, 15) is 9.18 Å². The molecule has 0 fully saturated rings. The largest absolute Gasteiger partial charge is 0.468 e. The van der Waals surface area contributed by atoms with E-state index in [0.29, 0.717) is 31.7 Å². The molecule has 0 saturated heterocycles. The zero-order valence-electron chi connectivity index (χ0n) is 19.3. The average molecular weight is 461 g/mol. The molecule has 176 valence electrons. The molecule has 2 heterocycles. The summed E-state index contributed by atoms with van der Waals surface area (Å²) in [5, 5.41) is 0. The van der Waals surface area contributed by atoms with Crippen LogP contribution in [0, 0.1) is 12.7 Å². The molecule has 2 aromatic carbocycles. The monoisotopic (exact) mass is 460 g/mol. The van der Waals surface area contributed by atoms with Crippen molar-refractivity contribution < 1.29 is 18.0 Å². The molecule has 34 heavy (non-hydrogen) atoms. The Labute approximate surface area is 199 Å². The molecular weight excluding hydrogens is 431 g/mol. The van der Waals surface area contributed by atoms with E-state index in [1.54, 1.807) is 24.5 Å². The number of aryl methyl sites for hydroxylation is 1. The molecule has 0 aliphatic carbocycles. The van der Waals surface area contributed by atoms with Crippen LogP contribution in [0.15, 0.2) is 94.0 Å². The Kier molecular flexibility index (Phi) is 7.94. The number of amides is 1. The van der Waals surface area contributed by atoms with E-state index >= 15 is 0 Å². The lowest BCUT2D eigenvalue weighted by molar-refractivity contribution is -0.133. The Hall–Kier alpha value is -3.64. The summed E-state index contributed by atoms with van der Waals surface area (Å²) in [5.74, 6) is 1.94. The summed E-state index contributed by atoms with van der Waals surface area (Å²) >= 11 is 0. The predicted octanol–water partition coefficient (Wildman–Crippen LogP) is 5.59. The van der Waals surface area contributed by atoms with Crippen molar-refractivity contribution in [1.82, 2.24) is 9.80 Å². The van der Waals surface area contributed by atoms with Crippen molar-refractivity contribution in [3.8, 4) is 0 Å². The van der Waals surface area contributed by atoms with E-state index in [2.05, 4.69) is 12.1 Å². The maximum Gasteiger partial charge on any atom is 0.237 e. The molecule has 4 aromatic rings. The van der Waals surface area contributed by atoms with Crippen molar-refractivity contribution in [1.29, 1.82) is 0 Å². The molecule has 2 aromatic heterocycles. The first-order valence-corrected chi connectivity index (χ1v) is 11.4. The van der Waals surface area contributed by atoms with E-state index in [1.165, 1.54) is 6.07 Å². The number of nitrogens with zero attached hydrogens (tertiary/aromatic N) is 2. The van der Waals surface area contributed by atoms with Crippen molar-refractivity contribution in [2.45, 2.75) is 33.0 Å². The number of rotatable bonds is 11. The van der Waals surface area contributed by atoms with Gasteiger partial charge in [0.25, 0.3) is 0 Å². The van der Waals surface area contributed by atoms with Crippen LogP contribution >= 0.6 is 0 Å². The van der Waals surface area contributed by atoms with Gasteiger partial charge in [0.05, 0.1) is 25.9 Å². The van der Waals surface area contributed by atoms with Crippen LogP contribution in [-0.4, -0.2) is 28.8 Å². The first kappa shape index (κ1) is 23.5. The van der Waals surface area contributed by atoms with Crippen molar-refractivity contribution in [2.75, 3.05) is 13.1 Å². The lowest BCUT2D eigenvalue weighted by atomic mass is 10.1. The van der Waals surface area contributed by atoms with Gasteiger partial charge in [-0.3, -0.25) is 9.69 Å². The fraction of sp³-hybridized carbons (Fsp3) is 0.250. The van der Waals surface area contributed by atoms with Crippen LogP contribution in [0.2, 0.25) is 0 Å². The van der Waals surface area contributed by atoms with Crippen LogP contribution in [-0.2, 0) is 30.8 Å². The molecular formula is C28H29FN2O3. The van der Waals surface area contributed by atoms with Crippen LogP contribution in [0.4, 0.5) is 4.39 Å². The van der Waals surface area contributed by atoms with Gasteiger partial charge >= 0.3 is 0 Å². The lowest BCUT2D eigenvalue weighted by Crippen LogP contribution is -2.40. The van der Waals surface area contributed by atoms with Crippen LogP contribution in [0.1, 0.15) is 28.4 Å². The highest BCUT2D eigenvalue weighted by Gasteiger charge is 2.21. The zero-order chi connectivity index (χ0) is 23.8. The van der Waals surface area contributed by atoms with Crippen LogP contribution < -0.4 is 0 Å². The van der Waals surface area contributed by atoms with Crippen molar-refractivity contribution in [3.05, 3.63) is 119 Å². The second-order valence-corrected chi connectivity index (χ2v) is 8.38. The maximum absolute atomic E-state index is 14.4. The highest BCUT2D eigenvalue weighted by Crippen LogP contribution is 2.16. The second kappa shape index (κ2) is 11.5. The molecule has 0 saturated carbocycles. The van der Waals surface area contributed by atoms with E-state index in [0.717, 1.165) is 29.3 Å². The van der Waals surface area contributed by atoms with Crippen LogP contribution in [0.3, 0.4) is 0 Å². The Balaban J connectivity index is 1.50. The first-order chi connectivity index (χ1) is 16.6. The molecule has 5 nitrogen and oxygen atoms in total. The van der Waals surface area contributed by atoms with E-state index < -0.39 is 0 Å². The standard InChI is InChI=1S/C28H29FN2O3/c1-22-13-14-26(34-22)20-31(16-15-23-8-3-2-4-9-23)28(32)21-30(19-25-11-7-17-33-25)18-24-10-5-6-12-27(24)29/h2-14,17H,15-16,18-21H2,1H3. The van der Waals surface area contributed by atoms with Gasteiger partial charge in [-0.25, -0.2) is 4.39 Å². The summed E-state index contributed by atoms with van der Waals surface area (Å²) in [5.41, 5.74) is 1.70. The van der Waals surface area contributed by atoms with Gasteiger partial charge in [0.1, 0.15) is 23.1 Å². The van der Waals surface area contributed by atoms with E-state index in [1.807, 2.05) is 59.2 Å². The van der Waals surface area contributed by atoms with Gasteiger partial charge in [-0.1, -0.05) is 48.5 Å². The maximum atomic E-state index is 14.4. The van der Waals surface area contributed by atoms with Crippen molar-refractivity contribution in [2.24, 2.45) is 0 Å². The van der Waals surface area contributed by atoms with Crippen molar-refractivity contribution in [3.63, 3.8) is 0 Å². The number of halogens is 1. The third kappa shape index (κ3) is 6.68. The summed E-state index contributed by atoms with van der Waals surface area (Å²) in [6.07, 6.45) is 2.33. The minimum absolute atomic E-state index is 0.0483. The van der Waals surface area contributed by atoms with Crippen LogP contribution in [0.5, 0.6) is 0 Å². The minimum Gasteiger partial charge on any atom is -0.468 e. The highest BCUT2D eigenvalue weighted by atomic mass is 19.1.